The van der Waals surface area contributed by atoms with Crippen LogP contribution in [0.25, 0.3) is 0 Å². The largest absolute Gasteiger partial charge is 0.486 e. The van der Waals surface area contributed by atoms with E-state index in [1.807, 2.05) is 38.1 Å². The van der Waals surface area contributed by atoms with Gasteiger partial charge in [0.25, 0.3) is 0 Å². The van der Waals surface area contributed by atoms with Crippen LogP contribution in [0.3, 0.4) is 0 Å². The summed E-state index contributed by atoms with van der Waals surface area (Å²) in [6.45, 7) is 3.14. The number of hydrogen-bond donors (Lipinski definition) is 0. The molecule has 0 spiro atoms. The van der Waals surface area contributed by atoms with Crippen molar-refractivity contribution in [1.29, 1.82) is 5.26 Å². The Bertz CT molecular complexity index is 463. The van der Waals surface area contributed by atoms with Crippen molar-refractivity contribution >= 4 is 0 Å². The minimum Gasteiger partial charge on any atom is -0.486 e. The number of ether oxygens (including phenoxy) is 2. The second-order valence-electron chi connectivity index (χ2n) is 4.35. The van der Waals surface area contributed by atoms with E-state index >= 15 is 0 Å². The van der Waals surface area contributed by atoms with Crippen LogP contribution >= 0.6 is 0 Å². The first-order valence-electron chi connectivity index (χ1n) is 5.59. The maximum Gasteiger partial charge on any atom is 0.161 e. The van der Waals surface area contributed by atoms with Gasteiger partial charge in [-0.25, -0.2) is 0 Å². The monoisotopic (exact) mass is 232 g/mol. The Kier molecular flexibility index (Phi) is 3.21. The molecule has 0 aromatic heterocycles. The summed E-state index contributed by atoms with van der Waals surface area (Å²) in [7, 11) is 3.79. The summed E-state index contributed by atoms with van der Waals surface area (Å²) in [5, 5.41) is 9.21. The molecule has 4 nitrogen and oxygen atoms in total. The molecule has 4 heteroatoms. The van der Waals surface area contributed by atoms with Crippen LogP contribution in [-0.2, 0) is 0 Å². The maximum absolute atomic E-state index is 9.21. The van der Waals surface area contributed by atoms with Gasteiger partial charge in [-0.3, -0.25) is 4.90 Å². The molecular weight excluding hydrogens is 216 g/mol. The fourth-order valence-corrected chi connectivity index (χ4v) is 1.96. The van der Waals surface area contributed by atoms with Crippen molar-refractivity contribution in [3.05, 3.63) is 23.3 Å². The lowest BCUT2D eigenvalue weighted by atomic mass is 10.0. The Morgan fingerprint density at radius 2 is 1.82 bits per heavy atom. The fraction of sp³-hybridized carbons (Fsp3) is 0.462. The third kappa shape index (κ3) is 2.20. The first-order valence-corrected chi connectivity index (χ1v) is 5.59. The Balaban J connectivity index is 2.44. The number of rotatable bonds is 2. The zero-order chi connectivity index (χ0) is 12.4. The Labute approximate surface area is 101 Å². The van der Waals surface area contributed by atoms with Gasteiger partial charge in [0, 0.05) is 0 Å². The average molecular weight is 232 g/mol. The van der Waals surface area contributed by atoms with Crippen LogP contribution in [-0.4, -0.2) is 32.2 Å². The van der Waals surface area contributed by atoms with E-state index in [4.69, 9.17) is 9.47 Å². The van der Waals surface area contributed by atoms with Crippen LogP contribution < -0.4 is 9.47 Å². The summed E-state index contributed by atoms with van der Waals surface area (Å²) in [5.74, 6) is 1.51. The van der Waals surface area contributed by atoms with E-state index in [1.54, 1.807) is 0 Å². The van der Waals surface area contributed by atoms with Crippen molar-refractivity contribution in [1.82, 2.24) is 4.90 Å². The summed E-state index contributed by atoms with van der Waals surface area (Å²) in [6.07, 6.45) is 0. The highest BCUT2D eigenvalue weighted by Crippen LogP contribution is 2.35. The predicted molar refractivity (Wildman–Crippen MR) is 64.2 cm³/mol. The van der Waals surface area contributed by atoms with E-state index < -0.39 is 0 Å². The molecule has 1 aliphatic heterocycles. The van der Waals surface area contributed by atoms with Crippen LogP contribution in [0.1, 0.15) is 17.2 Å². The van der Waals surface area contributed by atoms with Crippen LogP contribution in [0.2, 0.25) is 0 Å². The van der Waals surface area contributed by atoms with Gasteiger partial charge in [0.15, 0.2) is 11.5 Å². The van der Waals surface area contributed by atoms with Crippen molar-refractivity contribution < 1.29 is 9.47 Å². The zero-order valence-corrected chi connectivity index (χ0v) is 10.4. The van der Waals surface area contributed by atoms with Gasteiger partial charge in [-0.05, 0) is 44.3 Å². The van der Waals surface area contributed by atoms with Gasteiger partial charge >= 0.3 is 0 Å². The molecule has 90 valence electrons. The molecule has 0 bridgehead atoms. The van der Waals surface area contributed by atoms with E-state index in [0.29, 0.717) is 13.2 Å². The summed E-state index contributed by atoms with van der Waals surface area (Å²) in [5.41, 5.74) is 2.02. The van der Waals surface area contributed by atoms with E-state index in [-0.39, 0.29) is 6.04 Å². The molecule has 0 N–H and O–H groups in total. The normalized spacial score (nSPS) is 15.5. The minimum atomic E-state index is -0.258. The quantitative estimate of drug-likeness (QED) is 0.781. The van der Waals surface area contributed by atoms with Gasteiger partial charge in [-0.2, -0.15) is 5.26 Å². The molecule has 1 atom stereocenters. The van der Waals surface area contributed by atoms with E-state index in [2.05, 4.69) is 6.07 Å². The van der Waals surface area contributed by atoms with Crippen molar-refractivity contribution in [3.63, 3.8) is 0 Å². The highest BCUT2D eigenvalue weighted by atomic mass is 16.6. The van der Waals surface area contributed by atoms with Crippen molar-refractivity contribution in [2.24, 2.45) is 0 Å². The van der Waals surface area contributed by atoms with Gasteiger partial charge < -0.3 is 9.47 Å². The first-order chi connectivity index (χ1) is 8.13. The molecule has 0 aliphatic carbocycles. The van der Waals surface area contributed by atoms with Crippen LogP contribution in [0, 0.1) is 18.3 Å². The lowest BCUT2D eigenvalue weighted by molar-refractivity contribution is 0.171. The number of nitriles is 1. The molecule has 1 heterocycles. The van der Waals surface area contributed by atoms with Gasteiger partial charge in [0.1, 0.15) is 19.3 Å². The number of hydrogen-bond acceptors (Lipinski definition) is 4. The molecule has 0 saturated carbocycles. The zero-order valence-electron chi connectivity index (χ0n) is 10.4. The molecule has 0 radical (unpaired) electrons. The summed E-state index contributed by atoms with van der Waals surface area (Å²) in [6, 6.07) is 5.89. The molecule has 1 aromatic carbocycles. The topological polar surface area (TPSA) is 45.5 Å². The SMILES string of the molecule is Cc1cc2c(cc1C(C#N)N(C)C)OCCO2. The Morgan fingerprint density at radius 3 is 2.35 bits per heavy atom. The van der Waals surface area contributed by atoms with Crippen molar-refractivity contribution in [3.8, 4) is 17.6 Å². The summed E-state index contributed by atoms with van der Waals surface area (Å²) < 4.78 is 11.1. The number of aryl methyl sites for hydroxylation is 1. The highest BCUT2D eigenvalue weighted by molar-refractivity contribution is 5.49. The van der Waals surface area contributed by atoms with E-state index in [0.717, 1.165) is 22.6 Å². The van der Waals surface area contributed by atoms with Gasteiger partial charge in [0.2, 0.25) is 0 Å². The van der Waals surface area contributed by atoms with Crippen LogP contribution in [0.4, 0.5) is 0 Å². The highest BCUT2D eigenvalue weighted by Gasteiger charge is 2.20. The third-order valence-corrected chi connectivity index (χ3v) is 2.86. The molecule has 0 amide bonds. The van der Waals surface area contributed by atoms with Crippen molar-refractivity contribution in [2.75, 3.05) is 27.3 Å². The average Bonchev–Trinajstić information content (AvgIpc) is 2.30. The Morgan fingerprint density at radius 1 is 1.24 bits per heavy atom. The number of fused-ring (bicyclic) bond motifs is 1. The first kappa shape index (κ1) is 11.7. The lowest BCUT2D eigenvalue weighted by Gasteiger charge is -2.24. The molecular formula is C13H16N2O2. The maximum atomic E-state index is 9.21. The molecule has 1 aliphatic rings. The lowest BCUT2D eigenvalue weighted by Crippen LogP contribution is -2.21. The third-order valence-electron chi connectivity index (χ3n) is 2.86. The second kappa shape index (κ2) is 4.64. The predicted octanol–water partition coefficient (Wildman–Crippen LogP) is 1.89. The molecule has 17 heavy (non-hydrogen) atoms. The standard InChI is InChI=1S/C13H16N2O2/c1-9-6-12-13(17-5-4-16-12)7-10(9)11(8-14)15(2)3/h6-7,11H,4-5H2,1-3H3. The molecule has 1 aromatic rings. The number of nitrogens with zero attached hydrogens (tertiary/aromatic N) is 2. The smallest absolute Gasteiger partial charge is 0.161 e. The molecule has 0 fully saturated rings. The van der Waals surface area contributed by atoms with Gasteiger partial charge in [-0.15, -0.1) is 0 Å². The van der Waals surface area contributed by atoms with Crippen LogP contribution in [0.5, 0.6) is 11.5 Å². The van der Waals surface area contributed by atoms with Gasteiger partial charge in [-0.1, -0.05) is 0 Å². The van der Waals surface area contributed by atoms with E-state index in [1.165, 1.54) is 0 Å². The Hall–Kier alpha value is -1.73. The second-order valence-corrected chi connectivity index (χ2v) is 4.35. The molecule has 2 rings (SSSR count). The summed E-state index contributed by atoms with van der Waals surface area (Å²) in [4.78, 5) is 1.89. The number of benzene rings is 1. The summed E-state index contributed by atoms with van der Waals surface area (Å²) >= 11 is 0. The van der Waals surface area contributed by atoms with Crippen LogP contribution in [0.15, 0.2) is 12.1 Å². The molecule has 1 unspecified atom stereocenters. The van der Waals surface area contributed by atoms with Crippen molar-refractivity contribution in [2.45, 2.75) is 13.0 Å². The fourth-order valence-electron chi connectivity index (χ4n) is 1.96. The van der Waals surface area contributed by atoms with E-state index in [9.17, 15) is 5.26 Å². The minimum absolute atomic E-state index is 0.258. The van der Waals surface area contributed by atoms with Gasteiger partial charge in [0.05, 0.1) is 6.07 Å². The molecule has 0 saturated heterocycles.